The standard InChI is InChI=1S/C21H20N2O3/c1-2-3-14-26-21(25)15-9-11-16(12-10-15)23-20(24)18-6-4-8-19-17(18)7-5-13-22-19/h4-13H,2-3,14H2,1H3,(H,23,24). The molecular formula is C21H20N2O3. The van der Waals surface area contributed by atoms with Gasteiger partial charge in [-0.3, -0.25) is 9.78 Å². The first-order valence-corrected chi connectivity index (χ1v) is 8.61. The number of amides is 1. The van der Waals surface area contributed by atoms with E-state index in [-0.39, 0.29) is 11.9 Å². The molecule has 5 nitrogen and oxygen atoms in total. The van der Waals surface area contributed by atoms with E-state index in [1.54, 1.807) is 48.7 Å². The zero-order valence-electron chi connectivity index (χ0n) is 14.6. The lowest BCUT2D eigenvalue weighted by Gasteiger charge is -2.09. The van der Waals surface area contributed by atoms with E-state index in [4.69, 9.17) is 4.74 Å². The minimum atomic E-state index is -0.351. The third-order valence-corrected chi connectivity index (χ3v) is 4.00. The first kappa shape index (κ1) is 17.6. The van der Waals surface area contributed by atoms with Gasteiger partial charge < -0.3 is 10.1 Å². The van der Waals surface area contributed by atoms with Crippen LogP contribution in [0.5, 0.6) is 0 Å². The van der Waals surface area contributed by atoms with Crippen molar-refractivity contribution >= 4 is 28.5 Å². The molecule has 3 aromatic rings. The highest BCUT2D eigenvalue weighted by atomic mass is 16.5. The molecule has 0 aliphatic rings. The third kappa shape index (κ3) is 4.06. The van der Waals surface area contributed by atoms with Gasteiger partial charge in [0, 0.05) is 22.8 Å². The number of nitrogens with zero attached hydrogens (tertiary/aromatic N) is 1. The lowest BCUT2D eigenvalue weighted by atomic mass is 10.1. The molecule has 0 saturated carbocycles. The number of nitrogens with one attached hydrogen (secondary N) is 1. The van der Waals surface area contributed by atoms with E-state index in [9.17, 15) is 9.59 Å². The van der Waals surface area contributed by atoms with Crippen molar-refractivity contribution in [2.45, 2.75) is 19.8 Å². The number of hydrogen-bond acceptors (Lipinski definition) is 4. The molecule has 2 aromatic carbocycles. The first-order chi connectivity index (χ1) is 12.7. The van der Waals surface area contributed by atoms with Crippen molar-refractivity contribution in [3.63, 3.8) is 0 Å². The Morgan fingerprint density at radius 1 is 1.04 bits per heavy atom. The molecule has 0 aliphatic heterocycles. The van der Waals surface area contributed by atoms with Crippen molar-refractivity contribution in [1.29, 1.82) is 0 Å². The van der Waals surface area contributed by atoms with Crippen LogP contribution in [0.1, 0.15) is 40.5 Å². The minimum absolute atomic E-state index is 0.220. The van der Waals surface area contributed by atoms with E-state index in [1.165, 1.54) is 0 Å². The molecule has 0 unspecified atom stereocenters. The summed E-state index contributed by atoms with van der Waals surface area (Å²) in [5.41, 5.74) is 2.40. The fourth-order valence-electron chi connectivity index (χ4n) is 2.58. The van der Waals surface area contributed by atoms with Gasteiger partial charge in [-0.15, -0.1) is 0 Å². The Morgan fingerprint density at radius 3 is 2.62 bits per heavy atom. The zero-order valence-corrected chi connectivity index (χ0v) is 14.6. The fourth-order valence-corrected chi connectivity index (χ4v) is 2.58. The summed E-state index contributed by atoms with van der Waals surface area (Å²) in [7, 11) is 0. The van der Waals surface area contributed by atoms with E-state index in [0.29, 0.717) is 23.4 Å². The molecule has 5 heteroatoms. The summed E-state index contributed by atoms with van der Waals surface area (Å²) in [6.07, 6.45) is 3.52. The largest absolute Gasteiger partial charge is 0.462 e. The topological polar surface area (TPSA) is 68.3 Å². The minimum Gasteiger partial charge on any atom is -0.462 e. The van der Waals surface area contributed by atoms with Gasteiger partial charge in [0.1, 0.15) is 0 Å². The average molecular weight is 348 g/mol. The second-order valence-corrected chi connectivity index (χ2v) is 5.90. The van der Waals surface area contributed by atoms with Crippen molar-refractivity contribution in [1.82, 2.24) is 4.98 Å². The van der Waals surface area contributed by atoms with Gasteiger partial charge in [-0.1, -0.05) is 25.5 Å². The molecular weight excluding hydrogens is 328 g/mol. The molecule has 0 bridgehead atoms. The van der Waals surface area contributed by atoms with Gasteiger partial charge in [-0.05, 0) is 48.9 Å². The molecule has 1 amide bonds. The highest BCUT2D eigenvalue weighted by molar-refractivity contribution is 6.12. The van der Waals surface area contributed by atoms with Crippen LogP contribution in [-0.4, -0.2) is 23.5 Å². The Kier molecular flexibility index (Phi) is 5.59. The molecule has 1 aromatic heterocycles. The molecule has 0 atom stereocenters. The number of aromatic nitrogens is 1. The Bertz CT molecular complexity index is 915. The smallest absolute Gasteiger partial charge is 0.338 e. The van der Waals surface area contributed by atoms with Crippen LogP contribution in [-0.2, 0) is 4.74 Å². The summed E-state index contributed by atoms with van der Waals surface area (Å²) in [6, 6.07) is 15.8. The number of pyridine rings is 1. The third-order valence-electron chi connectivity index (χ3n) is 4.00. The molecule has 0 fully saturated rings. The Hall–Kier alpha value is -3.21. The van der Waals surface area contributed by atoms with Gasteiger partial charge in [0.2, 0.25) is 0 Å². The number of benzene rings is 2. The highest BCUT2D eigenvalue weighted by Gasteiger charge is 2.11. The molecule has 0 saturated heterocycles. The number of fused-ring (bicyclic) bond motifs is 1. The normalized spacial score (nSPS) is 10.5. The predicted molar refractivity (Wildman–Crippen MR) is 101 cm³/mol. The van der Waals surface area contributed by atoms with Crippen LogP contribution in [0.4, 0.5) is 5.69 Å². The van der Waals surface area contributed by atoms with E-state index in [1.807, 2.05) is 19.1 Å². The molecule has 132 valence electrons. The van der Waals surface area contributed by atoms with Crippen LogP contribution >= 0.6 is 0 Å². The van der Waals surface area contributed by atoms with Crippen molar-refractivity contribution in [2.75, 3.05) is 11.9 Å². The predicted octanol–water partition coefficient (Wildman–Crippen LogP) is 4.44. The number of carbonyl (C=O) groups excluding carboxylic acids is 2. The Morgan fingerprint density at radius 2 is 1.85 bits per heavy atom. The Labute approximate surface area is 152 Å². The number of esters is 1. The lowest BCUT2D eigenvalue weighted by Crippen LogP contribution is -2.13. The number of anilines is 1. The van der Waals surface area contributed by atoms with Gasteiger partial charge in [-0.2, -0.15) is 0 Å². The van der Waals surface area contributed by atoms with Gasteiger partial charge in [0.15, 0.2) is 0 Å². The average Bonchev–Trinajstić information content (AvgIpc) is 2.68. The van der Waals surface area contributed by atoms with Crippen LogP contribution in [0, 0.1) is 0 Å². The second kappa shape index (κ2) is 8.25. The zero-order chi connectivity index (χ0) is 18.4. The van der Waals surface area contributed by atoms with E-state index < -0.39 is 0 Å². The highest BCUT2D eigenvalue weighted by Crippen LogP contribution is 2.18. The number of carbonyl (C=O) groups is 2. The summed E-state index contributed by atoms with van der Waals surface area (Å²) in [4.78, 5) is 28.8. The maximum Gasteiger partial charge on any atom is 0.338 e. The van der Waals surface area contributed by atoms with E-state index in [2.05, 4.69) is 10.3 Å². The number of hydrogen-bond donors (Lipinski definition) is 1. The number of unbranched alkanes of at least 4 members (excludes halogenated alkanes) is 1. The van der Waals surface area contributed by atoms with Crippen LogP contribution in [0.3, 0.4) is 0 Å². The van der Waals surface area contributed by atoms with E-state index in [0.717, 1.165) is 23.7 Å². The second-order valence-electron chi connectivity index (χ2n) is 5.90. The summed E-state index contributed by atoms with van der Waals surface area (Å²) in [5, 5.41) is 3.64. The lowest BCUT2D eigenvalue weighted by molar-refractivity contribution is 0.0499. The van der Waals surface area contributed by atoms with Crippen LogP contribution in [0.2, 0.25) is 0 Å². The van der Waals surface area contributed by atoms with E-state index >= 15 is 0 Å². The molecule has 1 N–H and O–H groups in total. The monoisotopic (exact) mass is 348 g/mol. The van der Waals surface area contributed by atoms with Crippen LogP contribution in [0.15, 0.2) is 60.8 Å². The molecule has 0 spiro atoms. The summed E-state index contributed by atoms with van der Waals surface area (Å²) in [6.45, 7) is 2.46. The summed E-state index contributed by atoms with van der Waals surface area (Å²) in [5.74, 6) is -0.571. The van der Waals surface area contributed by atoms with Gasteiger partial charge in [0.05, 0.1) is 17.7 Å². The maximum atomic E-state index is 12.6. The van der Waals surface area contributed by atoms with Crippen molar-refractivity contribution in [2.24, 2.45) is 0 Å². The fraction of sp³-hybridized carbons (Fsp3) is 0.190. The van der Waals surface area contributed by atoms with Crippen LogP contribution in [0.25, 0.3) is 10.9 Å². The quantitative estimate of drug-likeness (QED) is 0.528. The SMILES string of the molecule is CCCCOC(=O)c1ccc(NC(=O)c2cccc3ncccc23)cc1. The number of rotatable bonds is 6. The first-order valence-electron chi connectivity index (χ1n) is 8.61. The maximum absolute atomic E-state index is 12.6. The van der Waals surface area contributed by atoms with Gasteiger partial charge in [0.25, 0.3) is 5.91 Å². The molecule has 0 aliphatic carbocycles. The molecule has 0 radical (unpaired) electrons. The summed E-state index contributed by atoms with van der Waals surface area (Å²) < 4.78 is 5.17. The molecule has 26 heavy (non-hydrogen) atoms. The Balaban J connectivity index is 1.70. The summed E-state index contributed by atoms with van der Waals surface area (Å²) >= 11 is 0. The molecule has 1 heterocycles. The van der Waals surface area contributed by atoms with Gasteiger partial charge >= 0.3 is 5.97 Å². The van der Waals surface area contributed by atoms with Crippen LogP contribution < -0.4 is 5.32 Å². The van der Waals surface area contributed by atoms with Crippen molar-refractivity contribution < 1.29 is 14.3 Å². The number of ether oxygens (including phenoxy) is 1. The van der Waals surface area contributed by atoms with Crippen molar-refractivity contribution in [3.8, 4) is 0 Å². The van der Waals surface area contributed by atoms with Gasteiger partial charge in [-0.25, -0.2) is 4.79 Å². The molecule has 3 rings (SSSR count). The van der Waals surface area contributed by atoms with Crippen molar-refractivity contribution in [3.05, 3.63) is 71.9 Å².